The number of carbonyl (C=O) groups excluding carboxylic acids is 1. The predicted octanol–water partition coefficient (Wildman–Crippen LogP) is 2.49. The monoisotopic (exact) mass is 267 g/mol. The van der Waals surface area contributed by atoms with Crippen LogP contribution in [0.2, 0.25) is 0 Å². The molecule has 4 N–H and O–H groups in total. The molecule has 0 saturated carbocycles. The number of amides is 1. The molecule has 0 bridgehead atoms. The van der Waals surface area contributed by atoms with E-state index in [0.29, 0.717) is 18.0 Å². The number of thiocarbonyl (C=S) groups is 1. The van der Waals surface area contributed by atoms with Crippen LogP contribution in [0, 0.1) is 0 Å². The van der Waals surface area contributed by atoms with Crippen molar-refractivity contribution in [1.29, 1.82) is 0 Å². The summed E-state index contributed by atoms with van der Waals surface area (Å²) in [7, 11) is 0. The Hall–Kier alpha value is -1.82. The normalized spacial score (nSPS) is 9.61. The Labute approximate surface area is 112 Å². The maximum atomic E-state index is 11.3. The zero-order chi connectivity index (χ0) is 13.4. The standard InChI is InChI=1S/C12H17N3O2S/c1-2-3-8-17-12(16)15-11(18)14-10-7-5-4-6-9(10)13/h4-7H,2-3,8,13H2,1H3,(H2,14,15,16,18). The van der Waals surface area contributed by atoms with Crippen molar-refractivity contribution in [3.05, 3.63) is 24.3 Å². The molecule has 1 aromatic carbocycles. The molecule has 98 valence electrons. The fourth-order valence-corrected chi connectivity index (χ4v) is 1.40. The molecule has 0 unspecified atom stereocenters. The number of hydrogen-bond donors (Lipinski definition) is 3. The number of nitrogen functional groups attached to an aromatic ring is 1. The number of benzene rings is 1. The second-order valence-corrected chi connectivity index (χ2v) is 4.06. The maximum Gasteiger partial charge on any atom is 0.413 e. The number of anilines is 2. The number of alkyl carbamates (subject to hydrolysis) is 1. The van der Waals surface area contributed by atoms with Crippen molar-refractivity contribution in [2.24, 2.45) is 0 Å². The molecule has 0 aliphatic rings. The quantitative estimate of drug-likeness (QED) is 0.444. The van der Waals surface area contributed by atoms with Gasteiger partial charge in [0.25, 0.3) is 0 Å². The molecule has 0 aliphatic carbocycles. The smallest absolute Gasteiger partial charge is 0.413 e. The van der Waals surface area contributed by atoms with Crippen molar-refractivity contribution >= 4 is 34.8 Å². The van der Waals surface area contributed by atoms with Gasteiger partial charge in [-0.25, -0.2) is 4.79 Å². The predicted molar refractivity (Wildman–Crippen MR) is 76.5 cm³/mol. The Kier molecular flexibility index (Phi) is 5.93. The Bertz CT molecular complexity index is 424. The van der Waals surface area contributed by atoms with Gasteiger partial charge >= 0.3 is 6.09 Å². The highest BCUT2D eigenvalue weighted by atomic mass is 32.1. The summed E-state index contributed by atoms with van der Waals surface area (Å²) in [4.78, 5) is 11.3. The van der Waals surface area contributed by atoms with E-state index in [1.54, 1.807) is 12.1 Å². The van der Waals surface area contributed by atoms with Gasteiger partial charge in [-0.2, -0.15) is 0 Å². The summed E-state index contributed by atoms with van der Waals surface area (Å²) in [5.74, 6) is 0. The number of hydrogen-bond acceptors (Lipinski definition) is 4. The summed E-state index contributed by atoms with van der Waals surface area (Å²) in [6.45, 7) is 2.41. The van der Waals surface area contributed by atoms with Crippen LogP contribution in [0.15, 0.2) is 24.3 Å². The third-order valence-electron chi connectivity index (χ3n) is 2.16. The lowest BCUT2D eigenvalue weighted by Crippen LogP contribution is -2.34. The van der Waals surface area contributed by atoms with E-state index in [0.717, 1.165) is 12.8 Å². The number of ether oxygens (including phenoxy) is 1. The number of carbonyl (C=O) groups is 1. The van der Waals surface area contributed by atoms with Gasteiger partial charge in [-0.1, -0.05) is 25.5 Å². The molecule has 0 aromatic heterocycles. The van der Waals surface area contributed by atoms with Gasteiger partial charge in [0.2, 0.25) is 0 Å². The largest absolute Gasteiger partial charge is 0.449 e. The van der Waals surface area contributed by atoms with Crippen LogP contribution in [-0.4, -0.2) is 17.8 Å². The van der Waals surface area contributed by atoms with E-state index in [2.05, 4.69) is 10.6 Å². The van der Waals surface area contributed by atoms with Gasteiger partial charge in [0.05, 0.1) is 18.0 Å². The van der Waals surface area contributed by atoms with Gasteiger partial charge in [-0.15, -0.1) is 0 Å². The lowest BCUT2D eigenvalue weighted by molar-refractivity contribution is 0.150. The Balaban J connectivity index is 2.38. The van der Waals surface area contributed by atoms with Gasteiger partial charge in [-0.3, -0.25) is 5.32 Å². The van der Waals surface area contributed by atoms with Crippen LogP contribution in [0.1, 0.15) is 19.8 Å². The summed E-state index contributed by atoms with van der Waals surface area (Å²) < 4.78 is 4.91. The van der Waals surface area contributed by atoms with Crippen molar-refractivity contribution < 1.29 is 9.53 Å². The van der Waals surface area contributed by atoms with Crippen LogP contribution in [0.3, 0.4) is 0 Å². The fraction of sp³-hybridized carbons (Fsp3) is 0.333. The molecule has 1 rings (SSSR count). The summed E-state index contributed by atoms with van der Waals surface area (Å²) in [5.41, 5.74) is 6.94. The summed E-state index contributed by atoms with van der Waals surface area (Å²) in [5, 5.41) is 5.41. The van der Waals surface area contributed by atoms with Gasteiger partial charge in [-0.05, 0) is 30.8 Å². The molecule has 0 radical (unpaired) electrons. The minimum Gasteiger partial charge on any atom is -0.449 e. The van der Waals surface area contributed by atoms with Crippen molar-refractivity contribution in [2.75, 3.05) is 17.7 Å². The van der Waals surface area contributed by atoms with Crippen molar-refractivity contribution in [3.8, 4) is 0 Å². The van der Waals surface area contributed by atoms with Crippen LogP contribution in [-0.2, 0) is 4.74 Å². The van der Waals surface area contributed by atoms with E-state index in [9.17, 15) is 4.79 Å². The van der Waals surface area contributed by atoms with Crippen molar-refractivity contribution in [2.45, 2.75) is 19.8 Å². The average Bonchev–Trinajstić information content (AvgIpc) is 2.32. The topological polar surface area (TPSA) is 76.4 Å². The van der Waals surface area contributed by atoms with Crippen molar-refractivity contribution in [3.63, 3.8) is 0 Å². The zero-order valence-electron chi connectivity index (χ0n) is 10.2. The molecule has 6 heteroatoms. The van der Waals surface area contributed by atoms with Crippen LogP contribution < -0.4 is 16.4 Å². The lowest BCUT2D eigenvalue weighted by atomic mass is 10.3. The van der Waals surface area contributed by atoms with E-state index >= 15 is 0 Å². The number of rotatable bonds is 4. The zero-order valence-corrected chi connectivity index (χ0v) is 11.0. The first-order valence-electron chi connectivity index (χ1n) is 5.72. The maximum absolute atomic E-state index is 11.3. The number of unbranched alkanes of at least 4 members (excludes halogenated alkanes) is 1. The lowest BCUT2D eigenvalue weighted by Gasteiger charge is -2.11. The second kappa shape index (κ2) is 7.50. The minimum absolute atomic E-state index is 0.161. The highest BCUT2D eigenvalue weighted by Gasteiger charge is 2.06. The van der Waals surface area contributed by atoms with Gasteiger partial charge in [0.1, 0.15) is 0 Å². The van der Waals surface area contributed by atoms with Crippen LogP contribution in [0.25, 0.3) is 0 Å². The van der Waals surface area contributed by atoms with Crippen LogP contribution in [0.4, 0.5) is 16.2 Å². The van der Waals surface area contributed by atoms with Gasteiger partial charge in [0, 0.05) is 0 Å². The van der Waals surface area contributed by atoms with Crippen LogP contribution in [0.5, 0.6) is 0 Å². The molecule has 0 aliphatic heterocycles. The molecule has 0 atom stereocenters. The Morgan fingerprint density at radius 2 is 2.17 bits per heavy atom. The first-order chi connectivity index (χ1) is 8.63. The number of nitrogens with one attached hydrogen (secondary N) is 2. The molecular formula is C12H17N3O2S. The summed E-state index contributed by atoms with van der Waals surface area (Å²) in [6, 6.07) is 7.15. The van der Waals surface area contributed by atoms with Crippen molar-refractivity contribution in [1.82, 2.24) is 5.32 Å². The van der Waals surface area contributed by atoms with Gasteiger partial charge < -0.3 is 15.8 Å². The molecule has 0 saturated heterocycles. The number of para-hydroxylation sites is 2. The Morgan fingerprint density at radius 3 is 2.83 bits per heavy atom. The first-order valence-corrected chi connectivity index (χ1v) is 6.13. The second-order valence-electron chi connectivity index (χ2n) is 3.66. The first kappa shape index (κ1) is 14.2. The SMILES string of the molecule is CCCCOC(=O)NC(=S)Nc1ccccc1N. The van der Waals surface area contributed by atoms with E-state index in [-0.39, 0.29) is 5.11 Å². The highest BCUT2D eigenvalue weighted by Crippen LogP contribution is 2.16. The molecule has 0 heterocycles. The molecule has 5 nitrogen and oxygen atoms in total. The highest BCUT2D eigenvalue weighted by molar-refractivity contribution is 7.80. The average molecular weight is 267 g/mol. The van der Waals surface area contributed by atoms with E-state index in [1.165, 1.54) is 0 Å². The summed E-state index contributed by atoms with van der Waals surface area (Å²) >= 11 is 4.97. The van der Waals surface area contributed by atoms with Gasteiger partial charge in [0.15, 0.2) is 5.11 Å². The van der Waals surface area contributed by atoms with E-state index in [4.69, 9.17) is 22.7 Å². The molecule has 1 amide bonds. The molecule has 1 aromatic rings. The number of nitrogens with two attached hydrogens (primary N) is 1. The molecule has 0 fully saturated rings. The van der Waals surface area contributed by atoms with E-state index < -0.39 is 6.09 Å². The molecular weight excluding hydrogens is 250 g/mol. The third kappa shape index (κ3) is 5.01. The van der Waals surface area contributed by atoms with Crippen LogP contribution >= 0.6 is 12.2 Å². The summed E-state index contributed by atoms with van der Waals surface area (Å²) in [6.07, 6.45) is 1.24. The third-order valence-corrected chi connectivity index (χ3v) is 2.36. The van der Waals surface area contributed by atoms with E-state index in [1.807, 2.05) is 19.1 Å². The Morgan fingerprint density at radius 1 is 1.44 bits per heavy atom. The molecule has 18 heavy (non-hydrogen) atoms. The molecule has 0 spiro atoms. The minimum atomic E-state index is -0.560. The fourth-order valence-electron chi connectivity index (χ4n) is 1.20.